The maximum Gasteiger partial charge on any atom is 0.305 e. The Kier molecular flexibility index (Phi) is 4.05. The van der Waals surface area contributed by atoms with Crippen LogP contribution in [-0.2, 0) is 9.53 Å². The van der Waals surface area contributed by atoms with E-state index in [0.717, 1.165) is 0 Å². The molecule has 1 atom stereocenters. The number of aliphatic hydroxyl groups is 1. The summed E-state index contributed by atoms with van der Waals surface area (Å²) < 4.78 is 4.32. The highest BCUT2D eigenvalue weighted by Gasteiger charge is 2.01. The van der Waals surface area contributed by atoms with Gasteiger partial charge in [0.2, 0.25) is 0 Å². The van der Waals surface area contributed by atoms with Gasteiger partial charge in [-0.2, -0.15) is 0 Å². The molecule has 9 heavy (non-hydrogen) atoms. The molecule has 3 heteroatoms. The average Bonchev–Trinajstić information content (AvgIpc) is 1.83. The Labute approximate surface area is 54.6 Å². The molecule has 0 aromatic carbocycles. The summed E-state index contributed by atoms with van der Waals surface area (Å²) in [7, 11) is 1.32. The highest BCUT2D eigenvalue weighted by molar-refractivity contribution is 5.69. The van der Waals surface area contributed by atoms with Crippen LogP contribution in [0.15, 0.2) is 0 Å². The van der Waals surface area contributed by atoms with Crippen LogP contribution in [0.2, 0.25) is 0 Å². The third-order valence-electron chi connectivity index (χ3n) is 0.909. The molecule has 53 valence electrons. The van der Waals surface area contributed by atoms with Gasteiger partial charge >= 0.3 is 5.97 Å². The van der Waals surface area contributed by atoms with Crippen molar-refractivity contribution in [2.45, 2.75) is 18.9 Å². The van der Waals surface area contributed by atoms with Crippen molar-refractivity contribution in [3.8, 4) is 0 Å². The van der Waals surface area contributed by atoms with Gasteiger partial charge in [-0.1, -0.05) is 0 Å². The van der Waals surface area contributed by atoms with E-state index in [1.165, 1.54) is 7.11 Å². The zero-order valence-electron chi connectivity index (χ0n) is 5.46. The van der Waals surface area contributed by atoms with Gasteiger partial charge in [0.1, 0.15) is 0 Å². The number of hydrogen-bond donors (Lipinski definition) is 1. The number of esters is 1. The maximum absolute atomic E-state index is 10.4. The highest BCUT2D eigenvalue weighted by atomic mass is 16.5. The zero-order chi connectivity index (χ0) is 7.28. The number of hydrogen-bond acceptors (Lipinski definition) is 3. The molecular formula is C6H11O3. The van der Waals surface area contributed by atoms with Crippen LogP contribution in [0.1, 0.15) is 12.8 Å². The molecule has 3 nitrogen and oxygen atoms in total. The predicted octanol–water partition coefficient (Wildman–Crippen LogP) is 0.135. The molecule has 0 aliphatic heterocycles. The van der Waals surface area contributed by atoms with Crippen molar-refractivity contribution in [1.29, 1.82) is 0 Å². The summed E-state index contributed by atoms with van der Waals surface area (Å²) in [6.45, 7) is 3.29. The van der Waals surface area contributed by atoms with Crippen molar-refractivity contribution in [3.63, 3.8) is 0 Å². The number of ether oxygens (including phenoxy) is 1. The van der Waals surface area contributed by atoms with E-state index in [0.29, 0.717) is 6.42 Å². The lowest BCUT2D eigenvalue weighted by Crippen LogP contribution is -2.06. The third-order valence-corrected chi connectivity index (χ3v) is 0.909. The van der Waals surface area contributed by atoms with Gasteiger partial charge in [0.05, 0.1) is 13.2 Å². The van der Waals surface area contributed by atoms with Crippen molar-refractivity contribution >= 4 is 5.97 Å². The van der Waals surface area contributed by atoms with E-state index in [2.05, 4.69) is 11.7 Å². The summed E-state index contributed by atoms with van der Waals surface area (Å²) in [4.78, 5) is 10.4. The first-order chi connectivity index (χ1) is 4.16. The molecule has 0 fully saturated rings. The fourth-order valence-electron chi connectivity index (χ4n) is 0.387. The molecule has 0 saturated carbocycles. The van der Waals surface area contributed by atoms with Gasteiger partial charge in [-0.25, -0.2) is 0 Å². The molecule has 1 radical (unpaired) electrons. The quantitative estimate of drug-likeness (QED) is 0.554. The molecule has 0 aromatic rings. The van der Waals surface area contributed by atoms with E-state index in [1.54, 1.807) is 0 Å². The predicted molar refractivity (Wildman–Crippen MR) is 32.6 cm³/mol. The summed E-state index contributed by atoms with van der Waals surface area (Å²) in [6, 6.07) is 0. The molecule has 0 spiro atoms. The molecule has 0 heterocycles. The SMILES string of the molecule is [CH2]C(O)CCC(=O)OC. The van der Waals surface area contributed by atoms with Crippen LogP contribution in [0, 0.1) is 6.92 Å². The van der Waals surface area contributed by atoms with Crippen LogP contribution in [-0.4, -0.2) is 24.3 Å². The molecule has 1 N–H and O–H groups in total. The second kappa shape index (κ2) is 4.32. The second-order valence-corrected chi connectivity index (χ2v) is 1.77. The number of methoxy groups -OCH3 is 1. The third kappa shape index (κ3) is 5.30. The van der Waals surface area contributed by atoms with Gasteiger partial charge in [0.15, 0.2) is 0 Å². The van der Waals surface area contributed by atoms with Gasteiger partial charge in [-0.05, 0) is 13.3 Å². The molecule has 1 unspecified atom stereocenters. The molecule has 0 aliphatic rings. The minimum absolute atomic E-state index is 0.237. The van der Waals surface area contributed by atoms with Gasteiger partial charge in [0.25, 0.3) is 0 Å². The normalized spacial score (nSPS) is 12.8. The molecule has 0 amide bonds. The monoisotopic (exact) mass is 131 g/mol. The van der Waals surface area contributed by atoms with Crippen LogP contribution in [0.5, 0.6) is 0 Å². The van der Waals surface area contributed by atoms with E-state index < -0.39 is 6.10 Å². The minimum Gasteiger partial charge on any atom is -0.469 e. The number of carbonyl (C=O) groups excluding carboxylic acids is 1. The standard InChI is InChI=1S/C6H11O3/c1-5(7)3-4-6(8)9-2/h5,7H,1,3-4H2,2H3. The Balaban J connectivity index is 3.17. The minimum atomic E-state index is -0.663. The van der Waals surface area contributed by atoms with Gasteiger partial charge < -0.3 is 9.84 Å². The van der Waals surface area contributed by atoms with Crippen molar-refractivity contribution in [2.24, 2.45) is 0 Å². The summed E-state index contributed by atoms with van der Waals surface area (Å²) in [5, 5.41) is 8.58. The smallest absolute Gasteiger partial charge is 0.305 e. The van der Waals surface area contributed by atoms with E-state index in [-0.39, 0.29) is 12.4 Å². The lowest BCUT2D eigenvalue weighted by atomic mass is 10.2. The van der Waals surface area contributed by atoms with E-state index in [1.807, 2.05) is 0 Å². The molecule has 0 saturated heterocycles. The Bertz CT molecular complexity index is 88.3. The largest absolute Gasteiger partial charge is 0.469 e. The zero-order valence-corrected chi connectivity index (χ0v) is 5.46. The van der Waals surface area contributed by atoms with E-state index >= 15 is 0 Å². The first kappa shape index (κ1) is 8.43. The Morgan fingerprint density at radius 1 is 1.89 bits per heavy atom. The lowest BCUT2D eigenvalue weighted by molar-refractivity contribution is -0.141. The van der Waals surface area contributed by atoms with Crippen molar-refractivity contribution in [3.05, 3.63) is 6.92 Å². The first-order valence-corrected chi connectivity index (χ1v) is 2.74. The highest BCUT2D eigenvalue weighted by Crippen LogP contribution is 1.95. The van der Waals surface area contributed by atoms with Gasteiger partial charge in [-0.3, -0.25) is 4.79 Å². The summed E-state index contributed by atoms with van der Waals surface area (Å²) >= 11 is 0. The maximum atomic E-state index is 10.4. The lowest BCUT2D eigenvalue weighted by Gasteiger charge is -2.00. The summed E-state index contributed by atoms with van der Waals surface area (Å²) in [5.74, 6) is -0.308. The van der Waals surface area contributed by atoms with Crippen LogP contribution in [0.25, 0.3) is 0 Å². The van der Waals surface area contributed by atoms with Crippen molar-refractivity contribution in [1.82, 2.24) is 0 Å². The van der Waals surface area contributed by atoms with Crippen LogP contribution in [0.4, 0.5) is 0 Å². The molecule has 0 aliphatic carbocycles. The Morgan fingerprint density at radius 2 is 2.44 bits per heavy atom. The summed E-state index contributed by atoms with van der Waals surface area (Å²) in [5.41, 5.74) is 0. The molecule has 0 bridgehead atoms. The van der Waals surface area contributed by atoms with E-state index in [9.17, 15) is 4.79 Å². The second-order valence-electron chi connectivity index (χ2n) is 1.77. The molecular weight excluding hydrogens is 120 g/mol. The van der Waals surface area contributed by atoms with Crippen LogP contribution in [0.3, 0.4) is 0 Å². The van der Waals surface area contributed by atoms with Crippen LogP contribution >= 0.6 is 0 Å². The number of carbonyl (C=O) groups is 1. The topological polar surface area (TPSA) is 46.5 Å². The Morgan fingerprint density at radius 3 is 2.78 bits per heavy atom. The van der Waals surface area contributed by atoms with E-state index in [4.69, 9.17) is 5.11 Å². The fourth-order valence-corrected chi connectivity index (χ4v) is 0.387. The van der Waals surface area contributed by atoms with Gasteiger partial charge in [-0.15, -0.1) is 0 Å². The Hall–Kier alpha value is -0.570. The molecule has 0 rings (SSSR count). The van der Waals surface area contributed by atoms with Crippen molar-refractivity contribution < 1.29 is 14.6 Å². The average molecular weight is 131 g/mol. The fraction of sp³-hybridized carbons (Fsp3) is 0.667. The number of aliphatic hydroxyl groups excluding tert-OH is 1. The van der Waals surface area contributed by atoms with Crippen LogP contribution < -0.4 is 0 Å². The molecule has 0 aromatic heterocycles. The first-order valence-electron chi connectivity index (χ1n) is 2.74. The summed E-state index contributed by atoms with van der Waals surface area (Å²) in [6.07, 6.45) is -0.0579. The van der Waals surface area contributed by atoms with Crippen molar-refractivity contribution in [2.75, 3.05) is 7.11 Å². The number of rotatable bonds is 3. The van der Waals surface area contributed by atoms with Gasteiger partial charge in [0, 0.05) is 6.42 Å².